The lowest BCUT2D eigenvalue weighted by molar-refractivity contribution is -0.385. The quantitative estimate of drug-likeness (QED) is 0.567. The predicted octanol–water partition coefficient (Wildman–Crippen LogP) is 1.27. The van der Waals surface area contributed by atoms with Gasteiger partial charge in [0.15, 0.2) is 11.5 Å². The summed E-state index contributed by atoms with van der Waals surface area (Å²) in [6, 6.07) is 4.28. The third-order valence-electron chi connectivity index (χ3n) is 2.72. The summed E-state index contributed by atoms with van der Waals surface area (Å²) in [4.78, 5) is 10.3. The molecule has 0 radical (unpaired) electrons. The monoisotopic (exact) mass is 294 g/mol. The summed E-state index contributed by atoms with van der Waals surface area (Å²) in [5, 5.41) is 19.9. The highest BCUT2D eigenvalue weighted by Gasteiger charge is 2.20. The van der Waals surface area contributed by atoms with E-state index in [4.69, 9.17) is 24.2 Å². The molecule has 0 fully saturated rings. The van der Waals surface area contributed by atoms with Crippen LogP contribution >= 0.6 is 0 Å². The molecule has 1 aliphatic rings. The molecule has 21 heavy (non-hydrogen) atoms. The standard InChI is InChI=1S/C13H14N2O6/c14-9-10-7-12-13(8-11(10)15(16)17)21-6-4-19-2-1-18-3-5-20-12/h7-8H,1-6H2. The third-order valence-corrected chi connectivity index (χ3v) is 2.72. The molecule has 0 bridgehead atoms. The van der Waals surface area contributed by atoms with Gasteiger partial charge in [-0.25, -0.2) is 0 Å². The fraction of sp³-hybridized carbons (Fsp3) is 0.462. The van der Waals surface area contributed by atoms with Gasteiger partial charge in [0.2, 0.25) is 0 Å². The van der Waals surface area contributed by atoms with Gasteiger partial charge in [0.25, 0.3) is 5.69 Å². The number of nitro groups is 1. The molecule has 0 amide bonds. The van der Waals surface area contributed by atoms with Crippen LogP contribution in [0.15, 0.2) is 12.1 Å². The Hall–Kier alpha value is -2.37. The van der Waals surface area contributed by atoms with Gasteiger partial charge in [0, 0.05) is 6.07 Å². The fourth-order valence-corrected chi connectivity index (χ4v) is 1.76. The highest BCUT2D eigenvalue weighted by Crippen LogP contribution is 2.34. The number of hydrogen-bond donors (Lipinski definition) is 0. The molecule has 0 aliphatic carbocycles. The second kappa shape index (κ2) is 7.42. The molecule has 1 aromatic rings. The average molecular weight is 294 g/mol. The van der Waals surface area contributed by atoms with E-state index in [1.54, 1.807) is 6.07 Å². The predicted molar refractivity (Wildman–Crippen MR) is 70.4 cm³/mol. The normalized spacial score (nSPS) is 16.1. The SMILES string of the molecule is N#Cc1cc2c(cc1[N+](=O)[O-])OCCOCCOCCO2. The average Bonchev–Trinajstić information content (AvgIpc) is 2.47. The van der Waals surface area contributed by atoms with Crippen LogP contribution in [-0.2, 0) is 9.47 Å². The zero-order valence-corrected chi connectivity index (χ0v) is 11.2. The van der Waals surface area contributed by atoms with E-state index in [9.17, 15) is 10.1 Å². The van der Waals surface area contributed by atoms with Gasteiger partial charge >= 0.3 is 0 Å². The van der Waals surface area contributed by atoms with E-state index in [1.807, 2.05) is 0 Å². The van der Waals surface area contributed by atoms with Gasteiger partial charge in [-0.2, -0.15) is 5.26 Å². The van der Waals surface area contributed by atoms with Crippen molar-refractivity contribution in [3.63, 3.8) is 0 Å². The van der Waals surface area contributed by atoms with Crippen LogP contribution in [0, 0.1) is 21.4 Å². The van der Waals surface area contributed by atoms with Crippen molar-refractivity contribution in [2.75, 3.05) is 39.6 Å². The lowest BCUT2D eigenvalue weighted by Crippen LogP contribution is -2.16. The van der Waals surface area contributed by atoms with E-state index in [0.29, 0.717) is 26.4 Å². The van der Waals surface area contributed by atoms with Crippen LogP contribution in [0.2, 0.25) is 0 Å². The fourth-order valence-electron chi connectivity index (χ4n) is 1.76. The Labute approximate surface area is 120 Å². The molecule has 1 heterocycles. The van der Waals surface area contributed by atoms with E-state index >= 15 is 0 Å². The van der Waals surface area contributed by atoms with E-state index in [-0.39, 0.29) is 36.0 Å². The highest BCUT2D eigenvalue weighted by atomic mass is 16.6. The maximum absolute atomic E-state index is 11.0. The van der Waals surface area contributed by atoms with Crippen molar-refractivity contribution in [1.29, 1.82) is 5.26 Å². The van der Waals surface area contributed by atoms with Crippen molar-refractivity contribution in [1.82, 2.24) is 0 Å². The van der Waals surface area contributed by atoms with Gasteiger partial charge in [-0.3, -0.25) is 10.1 Å². The Balaban J connectivity index is 2.29. The molecule has 0 unspecified atom stereocenters. The number of nitrogens with zero attached hydrogens (tertiary/aromatic N) is 2. The first kappa shape index (κ1) is 15.0. The Bertz CT molecular complexity index is 554. The summed E-state index contributed by atoms with van der Waals surface area (Å²) in [5.74, 6) is 0.492. The summed E-state index contributed by atoms with van der Waals surface area (Å²) in [7, 11) is 0. The molecule has 8 heteroatoms. The lowest BCUT2D eigenvalue weighted by Gasteiger charge is -2.15. The zero-order valence-electron chi connectivity index (χ0n) is 11.2. The van der Waals surface area contributed by atoms with Crippen LogP contribution in [-0.4, -0.2) is 44.6 Å². The van der Waals surface area contributed by atoms with Crippen molar-refractivity contribution in [2.45, 2.75) is 0 Å². The minimum atomic E-state index is -0.627. The molecular weight excluding hydrogens is 280 g/mol. The molecule has 8 nitrogen and oxygen atoms in total. The van der Waals surface area contributed by atoms with Gasteiger partial charge < -0.3 is 18.9 Å². The summed E-state index contributed by atoms with van der Waals surface area (Å²) in [5.41, 5.74) is -0.393. The number of ether oxygens (including phenoxy) is 4. The van der Waals surface area contributed by atoms with E-state index in [2.05, 4.69) is 0 Å². The minimum absolute atomic E-state index is 0.0772. The highest BCUT2D eigenvalue weighted by molar-refractivity contribution is 5.58. The van der Waals surface area contributed by atoms with Crippen molar-refractivity contribution >= 4 is 5.69 Å². The third kappa shape index (κ3) is 4.05. The smallest absolute Gasteiger partial charge is 0.291 e. The first-order chi connectivity index (χ1) is 10.2. The van der Waals surface area contributed by atoms with E-state index < -0.39 is 4.92 Å². The summed E-state index contributed by atoms with van der Waals surface area (Å²) in [6.07, 6.45) is 0. The van der Waals surface area contributed by atoms with Gasteiger partial charge in [0.05, 0.1) is 37.4 Å². The maximum atomic E-state index is 11.0. The van der Waals surface area contributed by atoms with Gasteiger partial charge in [-0.05, 0) is 0 Å². The lowest BCUT2D eigenvalue weighted by atomic mass is 10.1. The number of fused-ring (bicyclic) bond motifs is 1. The summed E-state index contributed by atoms with van der Waals surface area (Å²) >= 11 is 0. The molecule has 2 rings (SSSR count). The largest absolute Gasteiger partial charge is 0.487 e. The topological polar surface area (TPSA) is 104 Å². The first-order valence-electron chi connectivity index (χ1n) is 6.36. The van der Waals surface area contributed by atoms with E-state index in [1.165, 1.54) is 12.1 Å². The molecule has 112 valence electrons. The molecule has 1 aromatic carbocycles. The van der Waals surface area contributed by atoms with Gasteiger partial charge in [-0.1, -0.05) is 0 Å². The number of benzene rings is 1. The maximum Gasteiger partial charge on any atom is 0.291 e. The summed E-state index contributed by atoms with van der Waals surface area (Å²) in [6.45, 7) is 2.06. The van der Waals surface area contributed by atoms with Crippen LogP contribution < -0.4 is 9.47 Å². The number of hydrogen-bond acceptors (Lipinski definition) is 7. The molecule has 0 aromatic heterocycles. The number of nitro benzene ring substituents is 1. The molecule has 0 saturated heterocycles. The Morgan fingerprint density at radius 2 is 1.52 bits per heavy atom. The summed E-state index contributed by atoms with van der Waals surface area (Å²) < 4.78 is 21.5. The van der Waals surface area contributed by atoms with Gasteiger partial charge in [0.1, 0.15) is 24.8 Å². The first-order valence-corrected chi connectivity index (χ1v) is 6.36. The second-order valence-corrected chi connectivity index (χ2v) is 4.11. The van der Waals surface area contributed by atoms with Gasteiger partial charge in [-0.15, -0.1) is 0 Å². The van der Waals surface area contributed by atoms with Crippen LogP contribution in [0.3, 0.4) is 0 Å². The minimum Gasteiger partial charge on any atom is -0.487 e. The molecule has 0 N–H and O–H groups in total. The van der Waals surface area contributed by atoms with Crippen LogP contribution in [0.5, 0.6) is 11.5 Å². The zero-order chi connectivity index (χ0) is 15.1. The second-order valence-electron chi connectivity index (χ2n) is 4.11. The molecule has 0 spiro atoms. The van der Waals surface area contributed by atoms with Crippen molar-refractivity contribution in [3.05, 3.63) is 27.8 Å². The molecule has 0 atom stereocenters. The molecule has 1 aliphatic heterocycles. The Morgan fingerprint density at radius 1 is 1.00 bits per heavy atom. The van der Waals surface area contributed by atoms with Crippen molar-refractivity contribution < 1.29 is 23.9 Å². The Morgan fingerprint density at radius 3 is 2.05 bits per heavy atom. The van der Waals surface area contributed by atoms with Crippen LogP contribution in [0.1, 0.15) is 5.56 Å². The van der Waals surface area contributed by atoms with Crippen LogP contribution in [0.4, 0.5) is 5.69 Å². The van der Waals surface area contributed by atoms with Crippen molar-refractivity contribution in [3.8, 4) is 17.6 Å². The van der Waals surface area contributed by atoms with E-state index in [0.717, 1.165) is 0 Å². The number of nitriles is 1. The van der Waals surface area contributed by atoms with Crippen LogP contribution in [0.25, 0.3) is 0 Å². The molecule has 0 saturated carbocycles. The molecular formula is C13H14N2O6. The Kier molecular flexibility index (Phi) is 5.31. The van der Waals surface area contributed by atoms with Crippen molar-refractivity contribution in [2.24, 2.45) is 0 Å². The number of rotatable bonds is 1.